The summed E-state index contributed by atoms with van der Waals surface area (Å²) in [7, 11) is 0. The van der Waals surface area contributed by atoms with Crippen molar-refractivity contribution in [1.29, 1.82) is 0 Å². The fraction of sp³-hybridized carbons (Fsp3) is 0.750. The van der Waals surface area contributed by atoms with Gasteiger partial charge in [-0.05, 0) is 63.0 Å². The van der Waals surface area contributed by atoms with E-state index in [1.54, 1.807) is 19.1 Å². The number of cyclic esters (lactones) is 1. The highest BCUT2D eigenvalue weighted by Gasteiger charge is 2.47. The lowest BCUT2D eigenvalue weighted by atomic mass is 9.80. The van der Waals surface area contributed by atoms with Crippen LogP contribution in [0.4, 0.5) is 0 Å². The molecule has 1 fully saturated rings. The number of esters is 2. The summed E-state index contributed by atoms with van der Waals surface area (Å²) >= 11 is 0. The van der Waals surface area contributed by atoms with E-state index in [0.717, 1.165) is 18.4 Å². The SMILES string of the molecule is CCC(O)C(C)C1OC1CC(C)(/C=C/C=C(\C)C1OC(=O)CC(O)CCC(C)(O)C(OC(C)=O)/C=C/C1C)CC. The molecule has 0 amide bonds. The first-order valence-corrected chi connectivity index (χ1v) is 14.8. The molecule has 2 rings (SSSR count). The van der Waals surface area contributed by atoms with E-state index >= 15 is 0 Å². The fourth-order valence-electron chi connectivity index (χ4n) is 5.32. The van der Waals surface area contributed by atoms with Crippen molar-refractivity contribution < 1.29 is 39.1 Å². The van der Waals surface area contributed by atoms with Crippen LogP contribution in [0.5, 0.6) is 0 Å². The van der Waals surface area contributed by atoms with Gasteiger partial charge in [0, 0.05) is 18.8 Å². The Morgan fingerprint density at radius 1 is 1.30 bits per heavy atom. The van der Waals surface area contributed by atoms with E-state index < -0.39 is 35.9 Å². The number of aliphatic hydroxyl groups is 3. The van der Waals surface area contributed by atoms with Crippen molar-refractivity contribution in [1.82, 2.24) is 0 Å². The Kier molecular flexibility index (Phi) is 12.6. The van der Waals surface area contributed by atoms with E-state index in [1.165, 1.54) is 6.92 Å². The van der Waals surface area contributed by atoms with Crippen LogP contribution >= 0.6 is 0 Å². The Balaban J connectivity index is 2.22. The molecular weight excluding hydrogens is 512 g/mol. The molecule has 8 heteroatoms. The molecule has 2 aliphatic heterocycles. The van der Waals surface area contributed by atoms with Gasteiger partial charge in [-0.2, -0.15) is 0 Å². The number of aliphatic hydroxyl groups excluding tert-OH is 2. The smallest absolute Gasteiger partial charge is 0.309 e. The Morgan fingerprint density at radius 2 is 1.98 bits per heavy atom. The van der Waals surface area contributed by atoms with E-state index in [1.807, 2.05) is 39.8 Å². The topological polar surface area (TPSA) is 126 Å². The maximum absolute atomic E-state index is 12.7. The second-order valence-corrected chi connectivity index (χ2v) is 12.4. The summed E-state index contributed by atoms with van der Waals surface area (Å²) in [5, 5.41) is 31.6. The lowest BCUT2D eigenvalue weighted by Gasteiger charge is -2.32. The second kappa shape index (κ2) is 14.8. The molecule has 2 heterocycles. The van der Waals surface area contributed by atoms with E-state index in [9.17, 15) is 24.9 Å². The summed E-state index contributed by atoms with van der Waals surface area (Å²) in [6, 6.07) is 0. The summed E-state index contributed by atoms with van der Waals surface area (Å²) in [6.45, 7) is 15.0. The molecule has 40 heavy (non-hydrogen) atoms. The lowest BCUT2D eigenvalue weighted by molar-refractivity contribution is -0.157. The number of carbonyl (C=O) groups is 2. The molecular formula is C32H52O8. The van der Waals surface area contributed by atoms with Crippen molar-refractivity contribution in [3.63, 3.8) is 0 Å². The number of ether oxygens (including phenoxy) is 3. The largest absolute Gasteiger partial charge is 0.457 e. The number of allylic oxidation sites excluding steroid dienone is 3. The number of carbonyl (C=O) groups excluding carboxylic acids is 2. The maximum atomic E-state index is 12.7. The number of epoxide rings is 1. The molecule has 0 aliphatic carbocycles. The molecule has 0 aromatic rings. The van der Waals surface area contributed by atoms with Gasteiger partial charge in [-0.25, -0.2) is 0 Å². The highest BCUT2D eigenvalue weighted by molar-refractivity contribution is 5.70. The van der Waals surface area contributed by atoms with E-state index in [-0.39, 0.29) is 54.8 Å². The standard InChI is InChI=1S/C32H52O8/c1-9-25(35)22(5)30-26(39-30)19-31(7,10-2)16-11-12-20(3)29-21(4)13-14-27(38-23(6)33)32(8,37)17-15-24(34)18-28(36)40-29/h11-14,16,21-22,24-27,29-30,34-35,37H,9-10,15,17-19H2,1-8H3/b14-13+,16-11+,20-12+. The third-order valence-corrected chi connectivity index (χ3v) is 8.56. The molecule has 0 saturated carbocycles. The summed E-state index contributed by atoms with van der Waals surface area (Å²) in [4.78, 5) is 24.4. The third-order valence-electron chi connectivity index (χ3n) is 8.56. The van der Waals surface area contributed by atoms with Crippen LogP contribution in [0, 0.1) is 17.3 Å². The summed E-state index contributed by atoms with van der Waals surface area (Å²) < 4.78 is 17.1. The minimum Gasteiger partial charge on any atom is -0.457 e. The molecule has 3 N–H and O–H groups in total. The normalized spacial score (nSPS) is 36.0. The van der Waals surface area contributed by atoms with Gasteiger partial charge in [-0.3, -0.25) is 9.59 Å². The van der Waals surface area contributed by atoms with Gasteiger partial charge in [0.25, 0.3) is 0 Å². The van der Waals surface area contributed by atoms with Crippen LogP contribution < -0.4 is 0 Å². The second-order valence-electron chi connectivity index (χ2n) is 12.4. The van der Waals surface area contributed by atoms with E-state index in [4.69, 9.17) is 14.2 Å². The number of rotatable bonds is 10. The van der Waals surface area contributed by atoms with Crippen molar-refractivity contribution in [3.05, 3.63) is 36.0 Å². The lowest BCUT2D eigenvalue weighted by Crippen LogP contribution is -2.42. The minimum absolute atomic E-state index is 0.0849. The van der Waals surface area contributed by atoms with Crippen molar-refractivity contribution in [2.75, 3.05) is 0 Å². The molecule has 0 spiro atoms. The van der Waals surface area contributed by atoms with Gasteiger partial charge in [0.15, 0.2) is 0 Å². The molecule has 8 nitrogen and oxygen atoms in total. The van der Waals surface area contributed by atoms with Crippen LogP contribution in [-0.2, 0) is 23.8 Å². The van der Waals surface area contributed by atoms with Crippen molar-refractivity contribution in [2.24, 2.45) is 17.3 Å². The first kappa shape index (κ1) is 34.2. The predicted molar refractivity (Wildman–Crippen MR) is 154 cm³/mol. The molecule has 0 bridgehead atoms. The van der Waals surface area contributed by atoms with Gasteiger partial charge in [0.2, 0.25) is 0 Å². The van der Waals surface area contributed by atoms with Gasteiger partial charge < -0.3 is 29.5 Å². The maximum Gasteiger partial charge on any atom is 0.309 e. The summed E-state index contributed by atoms with van der Waals surface area (Å²) in [6.07, 6.45) is 9.47. The van der Waals surface area contributed by atoms with Gasteiger partial charge in [-0.1, -0.05) is 58.9 Å². The van der Waals surface area contributed by atoms with E-state index in [0.29, 0.717) is 6.42 Å². The Bertz CT molecular complexity index is 937. The molecule has 2 aliphatic rings. The average molecular weight is 565 g/mol. The Morgan fingerprint density at radius 3 is 2.58 bits per heavy atom. The van der Waals surface area contributed by atoms with Gasteiger partial charge >= 0.3 is 11.9 Å². The van der Waals surface area contributed by atoms with E-state index in [2.05, 4.69) is 19.9 Å². The Hall–Kier alpha value is -2.00. The van der Waals surface area contributed by atoms with Gasteiger partial charge in [-0.15, -0.1) is 0 Å². The number of hydrogen-bond donors (Lipinski definition) is 3. The van der Waals surface area contributed by atoms with Crippen molar-refractivity contribution in [3.8, 4) is 0 Å². The minimum atomic E-state index is -1.41. The highest BCUT2D eigenvalue weighted by atomic mass is 16.6. The summed E-state index contributed by atoms with van der Waals surface area (Å²) in [5.41, 5.74) is -0.687. The van der Waals surface area contributed by atoms with Crippen molar-refractivity contribution >= 4 is 11.9 Å². The van der Waals surface area contributed by atoms with Crippen LogP contribution in [0.2, 0.25) is 0 Å². The molecule has 0 radical (unpaired) electrons. The first-order valence-electron chi connectivity index (χ1n) is 14.8. The van der Waals surface area contributed by atoms with Crippen LogP contribution in [0.15, 0.2) is 36.0 Å². The average Bonchev–Trinajstić information content (AvgIpc) is 3.64. The molecule has 10 unspecified atom stereocenters. The van der Waals surface area contributed by atoms with Crippen LogP contribution in [0.3, 0.4) is 0 Å². The molecule has 228 valence electrons. The molecule has 0 aromatic carbocycles. The molecule has 0 aromatic heterocycles. The van der Waals surface area contributed by atoms with Gasteiger partial charge in [0.1, 0.15) is 17.8 Å². The van der Waals surface area contributed by atoms with Crippen molar-refractivity contribution in [2.45, 2.75) is 136 Å². The Labute approximate surface area is 240 Å². The summed E-state index contributed by atoms with van der Waals surface area (Å²) in [5.74, 6) is -1.21. The van der Waals surface area contributed by atoms with Crippen LogP contribution in [0.25, 0.3) is 0 Å². The van der Waals surface area contributed by atoms with Crippen LogP contribution in [-0.4, -0.2) is 69.5 Å². The van der Waals surface area contributed by atoms with Crippen LogP contribution in [0.1, 0.15) is 93.9 Å². The monoisotopic (exact) mass is 564 g/mol. The third kappa shape index (κ3) is 10.1. The first-order chi connectivity index (χ1) is 18.6. The highest BCUT2D eigenvalue weighted by Crippen LogP contribution is 2.42. The zero-order valence-electron chi connectivity index (χ0n) is 25.6. The molecule has 10 atom stereocenters. The number of hydrogen-bond acceptors (Lipinski definition) is 8. The zero-order valence-corrected chi connectivity index (χ0v) is 25.6. The van der Waals surface area contributed by atoms with Gasteiger partial charge in [0.05, 0.1) is 30.8 Å². The molecule has 1 saturated heterocycles. The quantitative estimate of drug-likeness (QED) is 0.150. The fourth-order valence-corrected chi connectivity index (χ4v) is 5.32. The zero-order chi connectivity index (χ0) is 30.3. The predicted octanol–water partition coefficient (Wildman–Crippen LogP) is 4.80.